The van der Waals surface area contributed by atoms with E-state index in [0.29, 0.717) is 54.5 Å². The third kappa shape index (κ3) is 5.13. The zero-order valence-corrected chi connectivity index (χ0v) is 17.2. The van der Waals surface area contributed by atoms with Gasteiger partial charge in [0.05, 0.1) is 22.8 Å². The lowest BCUT2D eigenvalue weighted by Gasteiger charge is -2.19. The average molecular weight is 454 g/mol. The van der Waals surface area contributed by atoms with Gasteiger partial charge in [-0.15, -0.1) is 0 Å². The van der Waals surface area contributed by atoms with Crippen LogP contribution < -0.4 is 0 Å². The fourth-order valence-corrected chi connectivity index (χ4v) is 3.58. The van der Waals surface area contributed by atoms with Gasteiger partial charge in [-0.2, -0.15) is 18.3 Å². The van der Waals surface area contributed by atoms with Crippen molar-refractivity contribution in [3.63, 3.8) is 0 Å². The second-order valence-corrected chi connectivity index (χ2v) is 7.65. The van der Waals surface area contributed by atoms with E-state index in [9.17, 15) is 18.0 Å². The van der Waals surface area contributed by atoms with Crippen molar-refractivity contribution in [3.05, 3.63) is 52.7 Å². The first-order valence-electron chi connectivity index (χ1n) is 9.70. The maximum Gasteiger partial charge on any atom is 0.408 e. The van der Waals surface area contributed by atoms with Gasteiger partial charge in [-0.1, -0.05) is 11.6 Å². The predicted octanol–water partition coefficient (Wildman–Crippen LogP) is 3.50. The van der Waals surface area contributed by atoms with E-state index in [1.54, 1.807) is 17.0 Å². The van der Waals surface area contributed by atoms with Crippen LogP contribution in [0.2, 0.25) is 5.02 Å². The van der Waals surface area contributed by atoms with Gasteiger partial charge in [-0.3, -0.25) is 19.4 Å². The van der Waals surface area contributed by atoms with Gasteiger partial charge in [0.1, 0.15) is 12.2 Å². The Hall–Kier alpha value is -2.72. The number of rotatable bonds is 4. The van der Waals surface area contributed by atoms with Crippen molar-refractivity contribution in [2.45, 2.75) is 25.6 Å². The molecule has 0 aromatic carbocycles. The van der Waals surface area contributed by atoms with Crippen LogP contribution in [0.3, 0.4) is 0 Å². The fourth-order valence-electron chi connectivity index (χ4n) is 3.47. The van der Waals surface area contributed by atoms with E-state index in [2.05, 4.69) is 15.1 Å². The minimum Gasteiger partial charge on any atom is -0.380 e. The molecule has 3 aromatic heterocycles. The molecule has 164 valence electrons. The molecular formula is C20H19ClF3N5O2. The molecule has 3 aromatic rings. The summed E-state index contributed by atoms with van der Waals surface area (Å²) in [6, 6.07) is 4.71. The molecule has 0 aliphatic carbocycles. The highest BCUT2D eigenvalue weighted by Crippen LogP contribution is 2.26. The van der Waals surface area contributed by atoms with Crippen LogP contribution in [0.1, 0.15) is 28.3 Å². The molecule has 0 unspecified atom stereocenters. The van der Waals surface area contributed by atoms with E-state index in [1.807, 2.05) is 0 Å². The molecule has 1 fully saturated rings. The molecule has 0 N–H and O–H groups in total. The number of hydrogen-bond acceptors (Lipinski definition) is 5. The monoisotopic (exact) mass is 453 g/mol. The minimum absolute atomic E-state index is 0.0777. The third-order valence-corrected chi connectivity index (χ3v) is 5.13. The Morgan fingerprint density at radius 2 is 2.00 bits per heavy atom. The zero-order chi connectivity index (χ0) is 22.0. The van der Waals surface area contributed by atoms with Gasteiger partial charge in [-0.05, 0) is 24.6 Å². The molecule has 4 heterocycles. The summed E-state index contributed by atoms with van der Waals surface area (Å²) in [6.07, 6.45) is -0.701. The van der Waals surface area contributed by atoms with Gasteiger partial charge < -0.3 is 9.64 Å². The van der Waals surface area contributed by atoms with Gasteiger partial charge in [0.25, 0.3) is 5.91 Å². The van der Waals surface area contributed by atoms with E-state index in [0.717, 1.165) is 4.68 Å². The number of alkyl halides is 3. The molecule has 7 nitrogen and oxygen atoms in total. The number of fused-ring (bicyclic) bond motifs is 1. The number of ether oxygens (including phenoxy) is 1. The first-order chi connectivity index (χ1) is 14.8. The fraction of sp³-hybridized carbons (Fsp3) is 0.400. The van der Waals surface area contributed by atoms with Crippen molar-refractivity contribution in [3.8, 4) is 0 Å². The maximum atomic E-state index is 13.2. The number of hydrogen-bond donors (Lipinski definition) is 0. The molecule has 1 saturated heterocycles. The second-order valence-electron chi connectivity index (χ2n) is 7.21. The predicted molar refractivity (Wildman–Crippen MR) is 107 cm³/mol. The van der Waals surface area contributed by atoms with Crippen LogP contribution in [0, 0.1) is 0 Å². The van der Waals surface area contributed by atoms with Crippen molar-refractivity contribution in [2.75, 3.05) is 26.3 Å². The van der Waals surface area contributed by atoms with Crippen LogP contribution in [0.4, 0.5) is 13.2 Å². The van der Waals surface area contributed by atoms with Crippen molar-refractivity contribution < 1.29 is 22.7 Å². The molecule has 1 aliphatic rings. The molecule has 11 heteroatoms. The molecule has 0 spiro atoms. The van der Waals surface area contributed by atoms with Gasteiger partial charge in [0.15, 0.2) is 0 Å². The summed E-state index contributed by atoms with van der Waals surface area (Å²) in [4.78, 5) is 22.9. The standard InChI is InChI=1S/C20H19ClF3N5O2/c21-13-2-3-14(25-10-13)8-16-15-11-26-17(19(30)28-4-1-6-31-7-5-28)9-18(15)29(27-16)12-20(22,23)24/h2-3,9-11H,1,4-8,12H2. The Balaban J connectivity index is 1.71. The summed E-state index contributed by atoms with van der Waals surface area (Å²) < 4.78 is 45.7. The Morgan fingerprint density at radius 3 is 2.74 bits per heavy atom. The quantitative estimate of drug-likeness (QED) is 0.604. The number of carbonyl (C=O) groups is 1. The topological polar surface area (TPSA) is 73.1 Å². The van der Waals surface area contributed by atoms with Crippen molar-refractivity contribution >= 4 is 28.4 Å². The lowest BCUT2D eigenvalue weighted by molar-refractivity contribution is -0.141. The maximum absolute atomic E-state index is 13.2. The summed E-state index contributed by atoms with van der Waals surface area (Å²) in [5, 5.41) is 5.06. The minimum atomic E-state index is -4.47. The van der Waals surface area contributed by atoms with Gasteiger partial charge in [0, 0.05) is 49.6 Å². The Morgan fingerprint density at radius 1 is 1.16 bits per heavy atom. The summed E-state index contributed by atoms with van der Waals surface area (Å²) in [5.74, 6) is -0.340. The normalized spacial score (nSPS) is 15.3. The van der Waals surface area contributed by atoms with E-state index in [1.165, 1.54) is 18.5 Å². The highest BCUT2D eigenvalue weighted by atomic mass is 35.5. The first-order valence-corrected chi connectivity index (χ1v) is 10.1. The zero-order valence-electron chi connectivity index (χ0n) is 16.4. The number of halogens is 4. The van der Waals surface area contributed by atoms with E-state index in [4.69, 9.17) is 16.3 Å². The van der Waals surface area contributed by atoms with Crippen LogP contribution in [-0.4, -0.2) is 63.0 Å². The molecule has 0 saturated carbocycles. The summed E-state index contributed by atoms with van der Waals surface area (Å²) >= 11 is 5.85. The summed E-state index contributed by atoms with van der Waals surface area (Å²) in [5.41, 5.74) is 1.27. The highest BCUT2D eigenvalue weighted by molar-refractivity contribution is 6.30. The van der Waals surface area contributed by atoms with Crippen LogP contribution in [0.15, 0.2) is 30.6 Å². The Kier molecular flexibility index (Phi) is 6.10. The van der Waals surface area contributed by atoms with E-state index >= 15 is 0 Å². The summed E-state index contributed by atoms with van der Waals surface area (Å²) in [7, 11) is 0. The van der Waals surface area contributed by atoms with Gasteiger partial charge in [0.2, 0.25) is 0 Å². The lowest BCUT2D eigenvalue weighted by atomic mass is 10.1. The smallest absolute Gasteiger partial charge is 0.380 e. The molecule has 0 radical (unpaired) electrons. The number of aromatic nitrogens is 4. The Labute approximate surface area is 180 Å². The van der Waals surface area contributed by atoms with E-state index < -0.39 is 12.7 Å². The van der Waals surface area contributed by atoms with Crippen molar-refractivity contribution in [1.82, 2.24) is 24.6 Å². The SMILES string of the molecule is O=C(c1cc2c(cn1)c(Cc1ccc(Cl)cn1)nn2CC(F)(F)F)N1CCCOCC1. The largest absolute Gasteiger partial charge is 0.408 e. The highest BCUT2D eigenvalue weighted by Gasteiger charge is 2.30. The van der Waals surface area contributed by atoms with Gasteiger partial charge >= 0.3 is 6.18 Å². The van der Waals surface area contributed by atoms with E-state index in [-0.39, 0.29) is 23.5 Å². The molecule has 1 aliphatic heterocycles. The van der Waals surface area contributed by atoms with Crippen LogP contribution in [0.5, 0.6) is 0 Å². The van der Waals surface area contributed by atoms with Crippen LogP contribution in [-0.2, 0) is 17.7 Å². The second kappa shape index (κ2) is 8.80. The number of nitrogens with zero attached hydrogens (tertiary/aromatic N) is 5. The third-order valence-electron chi connectivity index (χ3n) is 4.91. The molecule has 0 atom stereocenters. The van der Waals surface area contributed by atoms with Crippen molar-refractivity contribution in [1.29, 1.82) is 0 Å². The van der Waals surface area contributed by atoms with Crippen molar-refractivity contribution in [2.24, 2.45) is 0 Å². The lowest BCUT2D eigenvalue weighted by Crippen LogP contribution is -2.33. The molecule has 4 rings (SSSR count). The molecule has 31 heavy (non-hydrogen) atoms. The molecule has 0 bridgehead atoms. The molecular weight excluding hydrogens is 435 g/mol. The van der Waals surface area contributed by atoms with Gasteiger partial charge in [-0.25, -0.2) is 0 Å². The number of amides is 1. The Bertz CT molecular complexity index is 1080. The average Bonchev–Trinajstić information content (AvgIpc) is 2.90. The number of pyridine rings is 2. The number of carbonyl (C=O) groups excluding carboxylic acids is 1. The molecule has 1 amide bonds. The van der Waals surface area contributed by atoms with Crippen LogP contribution in [0.25, 0.3) is 10.9 Å². The van der Waals surface area contributed by atoms with Crippen LogP contribution >= 0.6 is 11.6 Å². The first kappa shape index (κ1) is 21.5. The summed E-state index contributed by atoms with van der Waals surface area (Å²) in [6.45, 7) is 0.628.